The lowest BCUT2D eigenvalue weighted by Crippen LogP contribution is -1.82. The molecule has 24 heavy (non-hydrogen) atoms. The van der Waals surface area contributed by atoms with Crippen molar-refractivity contribution in [1.29, 1.82) is 0 Å². The fourth-order valence-corrected chi connectivity index (χ4v) is 3.14. The van der Waals surface area contributed by atoms with Crippen LogP contribution in [0.1, 0.15) is 23.6 Å². The largest absolute Gasteiger partial charge is 0.0616 e. The van der Waals surface area contributed by atoms with Gasteiger partial charge in [0.25, 0.3) is 0 Å². The molecule has 4 rings (SSSR count). The first-order valence-corrected chi connectivity index (χ1v) is 8.62. The number of rotatable bonds is 1. The van der Waals surface area contributed by atoms with Gasteiger partial charge in [0.05, 0.1) is 0 Å². The smallest absolute Gasteiger partial charge is 0.0152 e. The molecular weight excluding hydrogens is 288 g/mol. The Bertz CT molecular complexity index is 958. The third-order valence-corrected chi connectivity index (χ3v) is 4.73. The van der Waals surface area contributed by atoms with Crippen LogP contribution >= 0.6 is 0 Å². The zero-order valence-corrected chi connectivity index (χ0v) is 14.7. The van der Waals surface area contributed by atoms with Crippen LogP contribution < -0.4 is 0 Å². The molecule has 4 aromatic rings. The predicted octanol–water partition coefficient (Wildman–Crippen LogP) is 6.86. The highest BCUT2D eigenvalue weighted by atomic mass is 14.0. The normalized spacial score (nSPS) is 10.5. The van der Waals surface area contributed by atoms with Gasteiger partial charge in [-0.15, -0.1) is 0 Å². The maximum Gasteiger partial charge on any atom is -0.0152 e. The Hall–Kier alpha value is -2.60. The lowest BCUT2D eigenvalue weighted by molar-refractivity contribution is 1.16. The van der Waals surface area contributed by atoms with Gasteiger partial charge in [0.2, 0.25) is 0 Å². The van der Waals surface area contributed by atoms with Gasteiger partial charge < -0.3 is 0 Å². The summed E-state index contributed by atoms with van der Waals surface area (Å²) in [7, 11) is 0. The third-order valence-electron chi connectivity index (χ3n) is 4.73. The molecule has 0 aromatic heterocycles. The van der Waals surface area contributed by atoms with Crippen molar-refractivity contribution in [2.45, 2.75) is 27.2 Å². The van der Waals surface area contributed by atoms with Gasteiger partial charge in [-0.1, -0.05) is 85.8 Å². The molecule has 0 aliphatic rings. The Labute approximate surface area is 144 Å². The average Bonchev–Trinajstić information content (AvgIpc) is 2.65. The van der Waals surface area contributed by atoms with E-state index in [1.165, 1.54) is 38.2 Å². The van der Waals surface area contributed by atoms with Crippen molar-refractivity contribution in [2.75, 3.05) is 0 Å². The van der Waals surface area contributed by atoms with Crippen LogP contribution in [0.25, 0.3) is 21.5 Å². The number of benzene rings is 4. The van der Waals surface area contributed by atoms with Crippen LogP contribution in [0.4, 0.5) is 0 Å². The third kappa shape index (κ3) is 3.33. The summed E-state index contributed by atoms with van der Waals surface area (Å²) in [6, 6.07) is 27.9. The van der Waals surface area contributed by atoms with Crippen LogP contribution in [-0.4, -0.2) is 0 Å². The topological polar surface area (TPSA) is 0 Å². The van der Waals surface area contributed by atoms with Gasteiger partial charge in [0, 0.05) is 0 Å². The second kappa shape index (κ2) is 7.31. The summed E-state index contributed by atoms with van der Waals surface area (Å²) in [4.78, 5) is 0. The molecule has 0 bridgehead atoms. The molecule has 0 atom stereocenters. The lowest BCUT2D eigenvalue weighted by atomic mass is 10.0. The maximum atomic E-state index is 2.20. The first-order chi connectivity index (χ1) is 11.7. The minimum atomic E-state index is 1.11. The van der Waals surface area contributed by atoms with Crippen LogP contribution in [0, 0.1) is 13.8 Å². The molecule has 0 heterocycles. The summed E-state index contributed by atoms with van der Waals surface area (Å²) in [6.07, 6.45) is 1.11. The van der Waals surface area contributed by atoms with Crippen molar-refractivity contribution in [2.24, 2.45) is 0 Å². The quantitative estimate of drug-likeness (QED) is 0.360. The molecule has 0 unspecified atom stereocenters. The summed E-state index contributed by atoms with van der Waals surface area (Å²) in [5.74, 6) is 0. The van der Waals surface area contributed by atoms with Crippen molar-refractivity contribution in [1.82, 2.24) is 0 Å². The van der Waals surface area contributed by atoms with E-state index in [1.54, 1.807) is 0 Å². The van der Waals surface area contributed by atoms with Crippen LogP contribution in [0.2, 0.25) is 0 Å². The molecule has 0 saturated heterocycles. The Morgan fingerprint density at radius 2 is 1.17 bits per heavy atom. The van der Waals surface area contributed by atoms with Gasteiger partial charge in [-0.25, -0.2) is 0 Å². The van der Waals surface area contributed by atoms with Crippen molar-refractivity contribution in [3.63, 3.8) is 0 Å². The van der Waals surface area contributed by atoms with Crippen molar-refractivity contribution in [3.8, 4) is 0 Å². The fourth-order valence-electron chi connectivity index (χ4n) is 3.14. The number of aryl methyl sites for hydroxylation is 3. The standard InChI is InChI=1S/2C12H12/c1-9-7-8-11-5-3-4-6-12(11)10(9)2;1-2-10-7-5-8-11-6-3-4-9-12(10)11/h3-8H,1-2H3;3-9H,2H2,1H3. The molecule has 0 heteroatoms. The van der Waals surface area contributed by atoms with Gasteiger partial charge >= 0.3 is 0 Å². The minimum absolute atomic E-state index is 1.11. The highest BCUT2D eigenvalue weighted by Crippen LogP contribution is 2.20. The van der Waals surface area contributed by atoms with E-state index < -0.39 is 0 Å². The van der Waals surface area contributed by atoms with E-state index in [-0.39, 0.29) is 0 Å². The van der Waals surface area contributed by atoms with E-state index in [0.717, 1.165) is 6.42 Å². The molecule has 0 aliphatic heterocycles. The molecule has 120 valence electrons. The molecule has 0 saturated carbocycles. The molecule has 4 aromatic carbocycles. The molecule has 0 radical (unpaired) electrons. The molecule has 0 aliphatic carbocycles. The van der Waals surface area contributed by atoms with E-state index in [0.29, 0.717) is 0 Å². The SMILES string of the molecule is CCc1cccc2ccccc12.Cc1ccc2ccccc2c1C. The average molecular weight is 312 g/mol. The van der Waals surface area contributed by atoms with Gasteiger partial charge in [-0.3, -0.25) is 0 Å². The second-order valence-electron chi connectivity index (χ2n) is 6.22. The minimum Gasteiger partial charge on any atom is -0.0616 e. The molecule has 0 amide bonds. The van der Waals surface area contributed by atoms with Crippen LogP contribution in [-0.2, 0) is 6.42 Å². The zero-order chi connectivity index (χ0) is 16.9. The van der Waals surface area contributed by atoms with Gasteiger partial charge in [-0.2, -0.15) is 0 Å². The highest BCUT2D eigenvalue weighted by molar-refractivity contribution is 5.86. The first-order valence-electron chi connectivity index (χ1n) is 8.62. The summed E-state index contributed by atoms with van der Waals surface area (Å²) in [5.41, 5.74) is 4.20. The van der Waals surface area contributed by atoms with Crippen molar-refractivity contribution < 1.29 is 0 Å². The Kier molecular flexibility index (Phi) is 4.96. The number of hydrogen-bond donors (Lipinski definition) is 0. The van der Waals surface area contributed by atoms with Gasteiger partial charge in [0.1, 0.15) is 0 Å². The van der Waals surface area contributed by atoms with Gasteiger partial charge in [-0.05, 0) is 58.5 Å². The van der Waals surface area contributed by atoms with Gasteiger partial charge in [0.15, 0.2) is 0 Å². The Balaban J connectivity index is 0.000000141. The van der Waals surface area contributed by atoms with Crippen molar-refractivity contribution >= 4 is 21.5 Å². The monoisotopic (exact) mass is 312 g/mol. The number of hydrogen-bond acceptors (Lipinski definition) is 0. The zero-order valence-electron chi connectivity index (χ0n) is 14.7. The van der Waals surface area contributed by atoms with Crippen LogP contribution in [0.5, 0.6) is 0 Å². The lowest BCUT2D eigenvalue weighted by Gasteiger charge is -2.04. The van der Waals surface area contributed by atoms with E-state index in [1.807, 2.05) is 0 Å². The number of fused-ring (bicyclic) bond motifs is 2. The highest BCUT2D eigenvalue weighted by Gasteiger charge is 1.97. The summed E-state index contributed by atoms with van der Waals surface area (Å²) in [6.45, 7) is 6.53. The molecule has 0 nitrogen and oxygen atoms in total. The first kappa shape index (κ1) is 16.3. The fraction of sp³-hybridized carbons (Fsp3) is 0.167. The molecule has 0 spiro atoms. The summed E-state index contributed by atoms with van der Waals surface area (Å²) in [5, 5.41) is 5.44. The van der Waals surface area contributed by atoms with Crippen LogP contribution in [0.3, 0.4) is 0 Å². The van der Waals surface area contributed by atoms with Crippen molar-refractivity contribution in [3.05, 3.63) is 95.6 Å². The Morgan fingerprint density at radius 3 is 1.88 bits per heavy atom. The summed E-state index contributed by atoms with van der Waals surface area (Å²) < 4.78 is 0. The van der Waals surface area contributed by atoms with E-state index >= 15 is 0 Å². The van der Waals surface area contributed by atoms with E-state index in [4.69, 9.17) is 0 Å². The molecular formula is C24H24. The summed E-state index contributed by atoms with van der Waals surface area (Å²) >= 11 is 0. The maximum absolute atomic E-state index is 2.20. The Morgan fingerprint density at radius 1 is 0.583 bits per heavy atom. The molecule has 0 N–H and O–H groups in total. The molecule has 0 fully saturated rings. The van der Waals surface area contributed by atoms with E-state index in [2.05, 4.69) is 99.6 Å². The van der Waals surface area contributed by atoms with E-state index in [9.17, 15) is 0 Å². The second-order valence-corrected chi connectivity index (χ2v) is 6.22. The predicted molar refractivity (Wildman–Crippen MR) is 107 cm³/mol. The van der Waals surface area contributed by atoms with Crippen LogP contribution in [0.15, 0.2) is 78.9 Å².